The minimum Gasteiger partial charge on any atom is -0.378 e. The van der Waals surface area contributed by atoms with Crippen molar-refractivity contribution in [2.45, 2.75) is 25.4 Å². The minimum atomic E-state index is 0.0302. The van der Waals surface area contributed by atoms with E-state index in [-0.39, 0.29) is 12.0 Å². The van der Waals surface area contributed by atoms with Crippen molar-refractivity contribution in [1.29, 1.82) is 0 Å². The number of amides is 1. The van der Waals surface area contributed by atoms with Gasteiger partial charge in [0.2, 0.25) is 5.91 Å². The Kier molecular flexibility index (Phi) is 4.72. The van der Waals surface area contributed by atoms with Crippen LogP contribution in [0, 0.1) is 0 Å². The number of para-hydroxylation sites is 2. The fourth-order valence-electron chi connectivity index (χ4n) is 2.87. The summed E-state index contributed by atoms with van der Waals surface area (Å²) in [6, 6.07) is 7.96. The van der Waals surface area contributed by atoms with Gasteiger partial charge in [0.05, 0.1) is 37.1 Å². The highest BCUT2D eigenvalue weighted by Crippen LogP contribution is 2.27. The van der Waals surface area contributed by atoms with Crippen LogP contribution in [0.3, 0.4) is 0 Å². The van der Waals surface area contributed by atoms with Crippen LogP contribution < -0.4 is 10.2 Å². The van der Waals surface area contributed by atoms with Gasteiger partial charge in [-0.2, -0.15) is 0 Å². The first-order chi connectivity index (χ1) is 10.3. The summed E-state index contributed by atoms with van der Waals surface area (Å²) in [5.74, 6) is 0.0302. The first-order valence-corrected chi connectivity index (χ1v) is 7.66. The van der Waals surface area contributed by atoms with Gasteiger partial charge in [-0.15, -0.1) is 0 Å². The molecule has 2 aliphatic rings. The molecule has 0 saturated carbocycles. The molecule has 21 heavy (non-hydrogen) atoms. The molecule has 1 aromatic carbocycles. The van der Waals surface area contributed by atoms with E-state index in [1.54, 1.807) is 0 Å². The van der Waals surface area contributed by atoms with Crippen LogP contribution in [-0.4, -0.2) is 44.9 Å². The van der Waals surface area contributed by atoms with E-state index in [2.05, 4.69) is 10.2 Å². The highest BCUT2D eigenvalue weighted by atomic mass is 16.5. The molecule has 0 aliphatic carbocycles. The van der Waals surface area contributed by atoms with E-state index in [9.17, 15) is 4.79 Å². The summed E-state index contributed by atoms with van der Waals surface area (Å²) in [5, 5.41) is 3.03. The molecule has 0 spiro atoms. The Morgan fingerprint density at radius 3 is 2.81 bits per heavy atom. The van der Waals surface area contributed by atoms with Gasteiger partial charge in [0, 0.05) is 19.7 Å². The molecule has 3 rings (SSSR count). The second kappa shape index (κ2) is 6.91. The molecule has 0 aromatic heterocycles. The van der Waals surface area contributed by atoms with Crippen molar-refractivity contribution in [1.82, 2.24) is 0 Å². The number of hydrogen-bond acceptors (Lipinski definition) is 4. The van der Waals surface area contributed by atoms with Crippen LogP contribution in [0.4, 0.5) is 11.4 Å². The van der Waals surface area contributed by atoms with Crippen molar-refractivity contribution in [3.05, 3.63) is 24.3 Å². The number of hydrogen-bond donors (Lipinski definition) is 1. The zero-order chi connectivity index (χ0) is 14.5. The Balaban J connectivity index is 1.65. The van der Waals surface area contributed by atoms with Crippen molar-refractivity contribution in [3.63, 3.8) is 0 Å². The van der Waals surface area contributed by atoms with E-state index in [0.29, 0.717) is 6.42 Å². The molecule has 2 fully saturated rings. The average Bonchev–Trinajstić information content (AvgIpc) is 3.01. The monoisotopic (exact) mass is 290 g/mol. The van der Waals surface area contributed by atoms with Crippen LogP contribution in [-0.2, 0) is 14.3 Å². The van der Waals surface area contributed by atoms with Crippen LogP contribution in [0.5, 0.6) is 0 Å². The number of carbonyl (C=O) groups is 1. The van der Waals surface area contributed by atoms with Gasteiger partial charge < -0.3 is 19.7 Å². The summed E-state index contributed by atoms with van der Waals surface area (Å²) in [4.78, 5) is 14.4. The van der Waals surface area contributed by atoms with Crippen LogP contribution in [0.15, 0.2) is 24.3 Å². The van der Waals surface area contributed by atoms with E-state index in [4.69, 9.17) is 9.47 Å². The van der Waals surface area contributed by atoms with Gasteiger partial charge in [0.1, 0.15) is 0 Å². The van der Waals surface area contributed by atoms with Gasteiger partial charge in [-0.05, 0) is 25.0 Å². The van der Waals surface area contributed by atoms with Crippen molar-refractivity contribution in [2.24, 2.45) is 0 Å². The highest BCUT2D eigenvalue weighted by Gasteiger charge is 2.20. The fraction of sp³-hybridized carbons (Fsp3) is 0.562. The zero-order valence-electron chi connectivity index (χ0n) is 12.2. The van der Waals surface area contributed by atoms with Crippen molar-refractivity contribution in [2.75, 3.05) is 43.1 Å². The summed E-state index contributed by atoms with van der Waals surface area (Å²) in [6.45, 7) is 3.97. The summed E-state index contributed by atoms with van der Waals surface area (Å²) in [7, 11) is 0. The summed E-state index contributed by atoms with van der Waals surface area (Å²) >= 11 is 0. The van der Waals surface area contributed by atoms with E-state index >= 15 is 0 Å². The lowest BCUT2D eigenvalue weighted by Crippen LogP contribution is -2.36. The molecule has 0 radical (unpaired) electrons. The van der Waals surface area contributed by atoms with Gasteiger partial charge >= 0.3 is 0 Å². The van der Waals surface area contributed by atoms with Gasteiger partial charge in [-0.3, -0.25) is 4.79 Å². The summed E-state index contributed by atoms with van der Waals surface area (Å²) < 4.78 is 10.9. The van der Waals surface area contributed by atoms with Gasteiger partial charge in [0.25, 0.3) is 0 Å². The summed E-state index contributed by atoms with van der Waals surface area (Å²) in [6.07, 6.45) is 2.57. The lowest BCUT2D eigenvalue weighted by molar-refractivity contribution is -0.118. The molecule has 1 unspecified atom stereocenters. The fourth-order valence-corrected chi connectivity index (χ4v) is 2.87. The molecule has 2 aliphatic heterocycles. The van der Waals surface area contributed by atoms with Crippen LogP contribution >= 0.6 is 0 Å². The van der Waals surface area contributed by atoms with Crippen LogP contribution in [0.2, 0.25) is 0 Å². The minimum absolute atomic E-state index is 0.0302. The molecule has 5 nitrogen and oxygen atoms in total. The Bertz CT molecular complexity index is 480. The second-order valence-electron chi connectivity index (χ2n) is 5.50. The molecule has 2 saturated heterocycles. The van der Waals surface area contributed by atoms with E-state index in [1.165, 1.54) is 0 Å². The highest BCUT2D eigenvalue weighted by molar-refractivity contribution is 5.94. The largest absolute Gasteiger partial charge is 0.378 e. The number of ether oxygens (including phenoxy) is 2. The smallest absolute Gasteiger partial charge is 0.227 e. The molecule has 1 atom stereocenters. The van der Waals surface area contributed by atoms with E-state index in [1.807, 2.05) is 24.3 Å². The predicted molar refractivity (Wildman–Crippen MR) is 81.7 cm³/mol. The Labute approximate surface area is 125 Å². The topological polar surface area (TPSA) is 50.8 Å². The Hall–Kier alpha value is -1.59. The maximum atomic E-state index is 12.2. The van der Waals surface area contributed by atoms with Crippen LogP contribution in [0.25, 0.3) is 0 Å². The quantitative estimate of drug-likeness (QED) is 0.922. The molecule has 1 aromatic rings. The molecular formula is C16H22N2O3. The average molecular weight is 290 g/mol. The maximum absolute atomic E-state index is 12.2. The first kappa shape index (κ1) is 14.4. The molecule has 5 heteroatoms. The van der Waals surface area contributed by atoms with E-state index in [0.717, 1.165) is 57.1 Å². The number of anilines is 2. The van der Waals surface area contributed by atoms with Crippen molar-refractivity contribution < 1.29 is 14.3 Å². The second-order valence-corrected chi connectivity index (χ2v) is 5.50. The van der Waals surface area contributed by atoms with E-state index < -0.39 is 0 Å². The molecule has 0 bridgehead atoms. The molecule has 2 heterocycles. The third-order valence-corrected chi connectivity index (χ3v) is 3.97. The lowest BCUT2D eigenvalue weighted by atomic mass is 10.1. The Morgan fingerprint density at radius 2 is 2.05 bits per heavy atom. The number of carbonyl (C=O) groups excluding carboxylic acids is 1. The zero-order valence-corrected chi connectivity index (χ0v) is 12.2. The first-order valence-electron chi connectivity index (χ1n) is 7.66. The summed E-state index contributed by atoms with van der Waals surface area (Å²) in [5.41, 5.74) is 1.95. The molecular weight excluding hydrogens is 268 g/mol. The lowest BCUT2D eigenvalue weighted by Gasteiger charge is -2.30. The third kappa shape index (κ3) is 3.74. The van der Waals surface area contributed by atoms with Gasteiger partial charge in [-0.25, -0.2) is 0 Å². The van der Waals surface area contributed by atoms with Crippen LogP contribution in [0.1, 0.15) is 19.3 Å². The number of nitrogens with zero attached hydrogens (tertiary/aromatic N) is 1. The molecule has 1 N–H and O–H groups in total. The molecule has 1 amide bonds. The number of benzene rings is 1. The third-order valence-electron chi connectivity index (χ3n) is 3.97. The van der Waals surface area contributed by atoms with Crippen molar-refractivity contribution in [3.8, 4) is 0 Å². The Morgan fingerprint density at radius 1 is 1.24 bits per heavy atom. The van der Waals surface area contributed by atoms with Gasteiger partial charge in [0.15, 0.2) is 0 Å². The predicted octanol–water partition coefficient (Wildman–Crippen LogP) is 2.03. The van der Waals surface area contributed by atoms with Gasteiger partial charge in [-0.1, -0.05) is 12.1 Å². The maximum Gasteiger partial charge on any atom is 0.227 e. The number of morpholine rings is 1. The SMILES string of the molecule is O=C(CC1CCCO1)Nc1ccccc1N1CCOCC1. The number of nitrogens with one attached hydrogen (secondary N) is 1. The normalized spacial score (nSPS) is 22.3. The number of rotatable bonds is 4. The molecule has 114 valence electrons. The standard InChI is InChI=1S/C16H22N2O3/c19-16(12-13-4-3-9-21-13)17-14-5-1-2-6-15(14)18-7-10-20-11-8-18/h1-2,5-6,13H,3-4,7-12H2,(H,17,19). The van der Waals surface area contributed by atoms with Crippen molar-refractivity contribution >= 4 is 17.3 Å².